The lowest BCUT2D eigenvalue weighted by atomic mass is 10.0. The summed E-state index contributed by atoms with van der Waals surface area (Å²) < 4.78 is 10.9. The summed E-state index contributed by atoms with van der Waals surface area (Å²) in [5, 5.41) is 12.4. The number of rotatable bonds is 11. The molecule has 0 radical (unpaired) electrons. The van der Waals surface area contributed by atoms with E-state index >= 15 is 0 Å². The van der Waals surface area contributed by atoms with Gasteiger partial charge < -0.3 is 24.8 Å². The van der Waals surface area contributed by atoms with Gasteiger partial charge >= 0.3 is 5.97 Å². The van der Waals surface area contributed by atoms with Gasteiger partial charge in [0.15, 0.2) is 0 Å². The first-order valence-electron chi connectivity index (χ1n) is 10.5. The van der Waals surface area contributed by atoms with Crippen molar-refractivity contribution in [1.82, 2.24) is 10.3 Å². The molecule has 0 aromatic carbocycles. The number of amides is 1. The predicted octanol–water partition coefficient (Wildman–Crippen LogP) is 1.76. The Hall–Kier alpha value is -2.35. The maximum absolute atomic E-state index is 12.5. The molecule has 2 N–H and O–H groups in total. The standard InChI is InChI=1S/C21H31N3O5/c1-3-15(21(27)28-4-2)9-10-22-19(26)17-7-8-18(24-11-16(25)12-24)20(23-17)29-13-14-5-6-14/h7-8,14-16,25H,3-6,9-13H2,1-2H3,(H,22,26). The van der Waals surface area contributed by atoms with Crippen molar-refractivity contribution in [2.45, 2.75) is 45.6 Å². The molecular formula is C21H31N3O5. The van der Waals surface area contributed by atoms with Crippen molar-refractivity contribution >= 4 is 17.6 Å². The van der Waals surface area contributed by atoms with E-state index < -0.39 is 0 Å². The number of nitrogens with one attached hydrogen (secondary N) is 1. The molecule has 1 saturated heterocycles. The van der Waals surface area contributed by atoms with Crippen LogP contribution in [0.4, 0.5) is 5.69 Å². The average Bonchev–Trinajstić information content (AvgIpc) is 3.51. The van der Waals surface area contributed by atoms with Crippen LogP contribution in [0.5, 0.6) is 5.88 Å². The number of esters is 1. The lowest BCUT2D eigenvalue weighted by Crippen LogP contribution is -2.51. The molecule has 3 rings (SSSR count). The second-order valence-corrected chi connectivity index (χ2v) is 7.74. The maximum atomic E-state index is 12.5. The van der Waals surface area contributed by atoms with Crippen molar-refractivity contribution in [2.75, 3.05) is 37.7 Å². The number of nitrogens with zero attached hydrogens (tertiary/aromatic N) is 2. The van der Waals surface area contributed by atoms with Crippen LogP contribution in [0.2, 0.25) is 0 Å². The van der Waals surface area contributed by atoms with Crippen LogP contribution in [0.15, 0.2) is 12.1 Å². The molecule has 2 heterocycles. The summed E-state index contributed by atoms with van der Waals surface area (Å²) in [5.41, 5.74) is 1.09. The summed E-state index contributed by atoms with van der Waals surface area (Å²) in [6.45, 7) is 6.12. The van der Waals surface area contributed by atoms with Crippen molar-refractivity contribution in [3.8, 4) is 5.88 Å². The van der Waals surface area contributed by atoms with Gasteiger partial charge in [-0.3, -0.25) is 9.59 Å². The molecule has 1 atom stereocenters. The molecule has 1 saturated carbocycles. The quantitative estimate of drug-likeness (QED) is 0.541. The molecule has 1 aliphatic heterocycles. The minimum absolute atomic E-state index is 0.221. The molecule has 1 aromatic rings. The molecule has 1 amide bonds. The van der Waals surface area contributed by atoms with Crippen molar-refractivity contribution < 1.29 is 24.2 Å². The van der Waals surface area contributed by atoms with Crippen molar-refractivity contribution in [3.05, 3.63) is 17.8 Å². The normalized spacial score (nSPS) is 17.4. The minimum atomic E-state index is -0.333. The van der Waals surface area contributed by atoms with Crippen LogP contribution in [0.3, 0.4) is 0 Å². The van der Waals surface area contributed by atoms with Gasteiger partial charge in [0.05, 0.1) is 25.2 Å². The summed E-state index contributed by atoms with van der Waals surface area (Å²) in [5.74, 6) is 0.266. The number of carbonyl (C=O) groups excluding carboxylic acids is 2. The number of anilines is 1. The van der Waals surface area contributed by atoms with E-state index in [1.165, 1.54) is 0 Å². The molecule has 160 valence electrons. The summed E-state index contributed by atoms with van der Waals surface area (Å²) in [7, 11) is 0. The highest BCUT2D eigenvalue weighted by atomic mass is 16.5. The van der Waals surface area contributed by atoms with Gasteiger partial charge in [0.25, 0.3) is 5.91 Å². The monoisotopic (exact) mass is 405 g/mol. The van der Waals surface area contributed by atoms with E-state index in [1.807, 2.05) is 17.9 Å². The van der Waals surface area contributed by atoms with Crippen molar-refractivity contribution in [2.24, 2.45) is 11.8 Å². The van der Waals surface area contributed by atoms with Crippen LogP contribution >= 0.6 is 0 Å². The number of aliphatic hydroxyl groups excluding tert-OH is 1. The second-order valence-electron chi connectivity index (χ2n) is 7.74. The van der Waals surface area contributed by atoms with Gasteiger partial charge in [-0.15, -0.1) is 0 Å². The lowest BCUT2D eigenvalue weighted by molar-refractivity contribution is -0.148. The van der Waals surface area contributed by atoms with E-state index in [-0.39, 0.29) is 29.6 Å². The van der Waals surface area contributed by atoms with Gasteiger partial charge in [0.1, 0.15) is 11.4 Å². The van der Waals surface area contributed by atoms with E-state index in [4.69, 9.17) is 9.47 Å². The Morgan fingerprint density at radius 1 is 1.31 bits per heavy atom. The molecule has 8 nitrogen and oxygen atoms in total. The highest BCUT2D eigenvalue weighted by Crippen LogP contribution is 2.34. The van der Waals surface area contributed by atoms with Crippen LogP contribution < -0.4 is 15.0 Å². The van der Waals surface area contributed by atoms with Crippen LogP contribution in [0.25, 0.3) is 0 Å². The van der Waals surface area contributed by atoms with E-state index in [1.54, 1.807) is 13.0 Å². The van der Waals surface area contributed by atoms with Gasteiger partial charge in [0, 0.05) is 19.6 Å². The SMILES string of the molecule is CCOC(=O)C(CC)CCNC(=O)c1ccc(N2CC(O)C2)c(OCC2CC2)n1. The first kappa shape index (κ1) is 21.4. The third kappa shape index (κ3) is 5.82. The number of hydrogen-bond donors (Lipinski definition) is 2. The second kappa shape index (κ2) is 9.91. The van der Waals surface area contributed by atoms with E-state index in [9.17, 15) is 14.7 Å². The van der Waals surface area contributed by atoms with Crippen molar-refractivity contribution in [1.29, 1.82) is 0 Å². The Balaban J connectivity index is 1.58. The summed E-state index contributed by atoms with van der Waals surface area (Å²) in [6, 6.07) is 3.49. The Bertz CT molecular complexity index is 716. The fourth-order valence-corrected chi connectivity index (χ4v) is 3.24. The van der Waals surface area contributed by atoms with E-state index in [2.05, 4.69) is 10.3 Å². The molecular weight excluding hydrogens is 374 g/mol. The van der Waals surface area contributed by atoms with E-state index in [0.717, 1.165) is 18.5 Å². The average molecular weight is 405 g/mol. The summed E-state index contributed by atoms with van der Waals surface area (Å²) >= 11 is 0. The lowest BCUT2D eigenvalue weighted by Gasteiger charge is -2.38. The molecule has 8 heteroatoms. The third-order valence-electron chi connectivity index (χ3n) is 5.32. The Kier molecular flexibility index (Phi) is 7.30. The minimum Gasteiger partial charge on any atom is -0.476 e. The first-order chi connectivity index (χ1) is 14.0. The zero-order valence-electron chi connectivity index (χ0n) is 17.2. The highest BCUT2D eigenvalue weighted by Gasteiger charge is 2.29. The van der Waals surface area contributed by atoms with Gasteiger partial charge in [-0.05, 0) is 50.7 Å². The summed E-state index contributed by atoms with van der Waals surface area (Å²) in [4.78, 5) is 30.8. The molecule has 2 fully saturated rings. The Morgan fingerprint density at radius 2 is 2.07 bits per heavy atom. The molecule has 29 heavy (non-hydrogen) atoms. The zero-order chi connectivity index (χ0) is 20.8. The number of hydrogen-bond acceptors (Lipinski definition) is 7. The Labute approximate surface area is 171 Å². The highest BCUT2D eigenvalue weighted by molar-refractivity contribution is 5.92. The molecule has 2 aliphatic rings. The number of aliphatic hydroxyl groups is 1. The number of carbonyl (C=O) groups is 2. The van der Waals surface area contributed by atoms with Crippen LogP contribution in [0.1, 0.15) is 50.0 Å². The number of β-amino-alcohol motifs (C(OH)–C–C–N with tert-alkyl or cyclic N) is 1. The van der Waals surface area contributed by atoms with Crippen molar-refractivity contribution in [3.63, 3.8) is 0 Å². The molecule has 0 bridgehead atoms. The van der Waals surface area contributed by atoms with Gasteiger partial charge in [-0.2, -0.15) is 0 Å². The number of ether oxygens (including phenoxy) is 2. The topological polar surface area (TPSA) is 101 Å². The smallest absolute Gasteiger partial charge is 0.308 e. The molecule has 0 spiro atoms. The largest absolute Gasteiger partial charge is 0.476 e. The Morgan fingerprint density at radius 3 is 2.69 bits per heavy atom. The molecule has 1 aromatic heterocycles. The molecule has 1 aliphatic carbocycles. The zero-order valence-corrected chi connectivity index (χ0v) is 17.2. The fourth-order valence-electron chi connectivity index (χ4n) is 3.24. The van der Waals surface area contributed by atoms with Gasteiger partial charge in [0.2, 0.25) is 5.88 Å². The van der Waals surface area contributed by atoms with Crippen LogP contribution in [-0.4, -0.2) is 60.9 Å². The van der Waals surface area contributed by atoms with Gasteiger partial charge in [-0.25, -0.2) is 4.98 Å². The molecule has 1 unspecified atom stereocenters. The maximum Gasteiger partial charge on any atom is 0.308 e. The van der Waals surface area contributed by atoms with Crippen LogP contribution in [-0.2, 0) is 9.53 Å². The third-order valence-corrected chi connectivity index (χ3v) is 5.32. The number of aromatic nitrogens is 1. The first-order valence-corrected chi connectivity index (χ1v) is 10.5. The van der Waals surface area contributed by atoms with E-state index in [0.29, 0.717) is 57.5 Å². The predicted molar refractivity (Wildman–Crippen MR) is 108 cm³/mol. The van der Waals surface area contributed by atoms with Gasteiger partial charge in [-0.1, -0.05) is 6.92 Å². The summed E-state index contributed by atoms with van der Waals surface area (Å²) in [6.07, 6.45) is 3.19. The fraction of sp³-hybridized carbons (Fsp3) is 0.667. The van der Waals surface area contributed by atoms with Crippen LogP contribution in [0, 0.1) is 11.8 Å². The number of pyridine rings is 1.